The third kappa shape index (κ3) is 5.71. The zero-order valence-corrected chi connectivity index (χ0v) is 25.6. The monoisotopic (exact) mass is 534 g/mol. The highest BCUT2D eigenvalue weighted by atomic mass is 16.7. The largest absolute Gasteiger partial charge is 0.514 e. The molecule has 3 fully saturated rings. The fourth-order valence-corrected chi connectivity index (χ4v) is 9.84. The van der Waals surface area contributed by atoms with Gasteiger partial charge in [-0.15, -0.1) is 0 Å². The summed E-state index contributed by atoms with van der Waals surface area (Å²) in [4.78, 5) is 12.6. The predicted molar refractivity (Wildman–Crippen MR) is 160 cm³/mol. The summed E-state index contributed by atoms with van der Waals surface area (Å²) < 4.78 is 11.4. The molecule has 39 heavy (non-hydrogen) atoms. The van der Waals surface area contributed by atoms with Crippen LogP contribution in [0.15, 0.2) is 35.9 Å². The van der Waals surface area contributed by atoms with Gasteiger partial charge in [0.25, 0.3) is 0 Å². The summed E-state index contributed by atoms with van der Waals surface area (Å²) in [5.41, 5.74) is 3.51. The topological polar surface area (TPSA) is 35.5 Å². The lowest BCUT2D eigenvalue weighted by atomic mass is 9.47. The van der Waals surface area contributed by atoms with Gasteiger partial charge >= 0.3 is 6.16 Å². The quantitative estimate of drug-likeness (QED) is 0.189. The number of benzene rings is 1. The number of hydrogen-bond acceptors (Lipinski definition) is 3. The van der Waals surface area contributed by atoms with Crippen molar-refractivity contribution in [2.45, 2.75) is 125 Å². The van der Waals surface area contributed by atoms with Crippen molar-refractivity contribution in [3.63, 3.8) is 0 Å². The second-order valence-corrected chi connectivity index (χ2v) is 14.6. The summed E-state index contributed by atoms with van der Waals surface area (Å²) in [5, 5.41) is 0. The number of hydrogen-bond donors (Lipinski definition) is 0. The van der Waals surface area contributed by atoms with E-state index in [1.54, 1.807) is 5.57 Å². The molecule has 4 aliphatic carbocycles. The highest BCUT2D eigenvalue weighted by Crippen LogP contribution is 2.67. The van der Waals surface area contributed by atoms with Crippen LogP contribution < -0.4 is 4.74 Å². The molecule has 216 valence electrons. The Morgan fingerprint density at radius 1 is 1.03 bits per heavy atom. The van der Waals surface area contributed by atoms with Crippen LogP contribution in [0.2, 0.25) is 0 Å². The van der Waals surface area contributed by atoms with Gasteiger partial charge < -0.3 is 9.47 Å². The molecule has 0 unspecified atom stereocenters. The van der Waals surface area contributed by atoms with E-state index in [9.17, 15) is 4.79 Å². The molecule has 0 aromatic heterocycles. The zero-order valence-electron chi connectivity index (χ0n) is 25.6. The van der Waals surface area contributed by atoms with Crippen LogP contribution in [0.4, 0.5) is 4.79 Å². The molecule has 1 aromatic rings. The molecule has 5 rings (SSSR count). The normalized spacial score (nSPS) is 36.4. The summed E-state index contributed by atoms with van der Waals surface area (Å²) >= 11 is 0. The number of rotatable bonds is 8. The Bertz CT molecular complexity index is 1040. The van der Waals surface area contributed by atoms with Crippen LogP contribution in [0, 0.1) is 46.3 Å². The molecule has 4 aliphatic rings. The first kappa shape index (κ1) is 28.7. The maximum Gasteiger partial charge on any atom is 0.514 e. The predicted octanol–water partition coefficient (Wildman–Crippen LogP) is 10.2. The van der Waals surface area contributed by atoms with Crippen LogP contribution >= 0.6 is 0 Å². The minimum Gasteiger partial charge on any atom is -0.430 e. The first-order chi connectivity index (χ1) is 18.6. The average Bonchev–Trinajstić information content (AvgIpc) is 3.26. The maximum absolute atomic E-state index is 12.6. The van der Waals surface area contributed by atoms with Crippen molar-refractivity contribution in [1.29, 1.82) is 0 Å². The Hall–Kier alpha value is -1.77. The molecule has 0 N–H and O–H groups in total. The Labute approximate surface area is 238 Å². The number of fused-ring (bicyclic) bond motifs is 5. The molecular weight excluding hydrogens is 480 g/mol. The van der Waals surface area contributed by atoms with Crippen molar-refractivity contribution in [3.05, 3.63) is 41.5 Å². The molecule has 0 aliphatic heterocycles. The number of aryl methyl sites for hydroxylation is 1. The van der Waals surface area contributed by atoms with Crippen LogP contribution in [0.3, 0.4) is 0 Å². The Morgan fingerprint density at radius 2 is 1.85 bits per heavy atom. The van der Waals surface area contributed by atoms with E-state index in [0.717, 1.165) is 66.8 Å². The van der Waals surface area contributed by atoms with Gasteiger partial charge in [-0.2, -0.15) is 0 Å². The van der Waals surface area contributed by atoms with Crippen molar-refractivity contribution in [2.24, 2.45) is 46.3 Å². The van der Waals surface area contributed by atoms with E-state index < -0.39 is 6.16 Å². The van der Waals surface area contributed by atoms with Crippen LogP contribution in [0.5, 0.6) is 5.75 Å². The van der Waals surface area contributed by atoms with Crippen LogP contribution in [-0.2, 0) is 11.2 Å². The zero-order chi connectivity index (χ0) is 27.8. The first-order valence-electron chi connectivity index (χ1n) is 16.3. The van der Waals surface area contributed by atoms with Crippen LogP contribution in [0.1, 0.15) is 118 Å². The molecule has 0 spiro atoms. The highest BCUT2D eigenvalue weighted by molar-refractivity contribution is 5.64. The van der Waals surface area contributed by atoms with E-state index in [-0.39, 0.29) is 11.5 Å². The molecule has 0 saturated heterocycles. The average molecular weight is 535 g/mol. The lowest BCUT2D eigenvalue weighted by Gasteiger charge is -2.58. The van der Waals surface area contributed by atoms with Crippen molar-refractivity contribution < 1.29 is 14.3 Å². The first-order valence-corrected chi connectivity index (χ1v) is 16.3. The van der Waals surface area contributed by atoms with Gasteiger partial charge in [0.05, 0.1) is 0 Å². The van der Waals surface area contributed by atoms with Crippen molar-refractivity contribution in [2.75, 3.05) is 0 Å². The van der Waals surface area contributed by atoms with Crippen LogP contribution in [0.25, 0.3) is 0 Å². The fraction of sp³-hybridized carbons (Fsp3) is 0.750. The smallest absolute Gasteiger partial charge is 0.430 e. The van der Waals surface area contributed by atoms with Gasteiger partial charge in [0.15, 0.2) is 0 Å². The van der Waals surface area contributed by atoms with Crippen molar-refractivity contribution >= 4 is 6.16 Å². The maximum atomic E-state index is 12.6. The summed E-state index contributed by atoms with van der Waals surface area (Å²) in [7, 11) is 0. The van der Waals surface area contributed by atoms with Gasteiger partial charge in [-0.3, -0.25) is 0 Å². The van der Waals surface area contributed by atoms with E-state index in [2.05, 4.69) is 53.7 Å². The molecule has 1 aromatic carbocycles. The van der Waals surface area contributed by atoms with Gasteiger partial charge in [0.2, 0.25) is 0 Å². The van der Waals surface area contributed by atoms with Gasteiger partial charge in [-0.25, -0.2) is 4.79 Å². The van der Waals surface area contributed by atoms with Gasteiger partial charge in [-0.1, -0.05) is 84.6 Å². The standard InChI is InChI=1S/C36H54O3/c1-7-26-12-9-13-28(22-26)38-34(37)39-29-18-20-35(5)27(23-29)14-15-30-32-17-16-31(25(4)11-8-10-24(2)3)36(32,6)21-19-33(30)35/h9,12-14,22,24-25,29-33H,7-8,10-11,15-21,23H2,1-6H3/t25-,29+,30-,31+,32-,33-,35-,36+/m0/s1. The SMILES string of the molecule is CCc1cccc(OC(=O)O[C@@H]2CC[C@@]3(C)C(=CC[C@H]4[C@@H]5CC[C@H]([C@@H](C)CCCC(C)C)[C@@]5(C)CC[C@@H]43)C2)c1. The van der Waals surface area contributed by atoms with E-state index in [0.29, 0.717) is 11.2 Å². The second kappa shape index (κ2) is 11.6. The molecule has 8 atom stereocenters. The third-order valence-corrected chi connectivity index (χ3v) is 12.0. The Morgan fingerprint density at radius 3 is 2.62 bits per heavy atom. The van der Waals surface area contributed by atoms with Crippen molar-refractivity contribution in [3.8, 4) is 5.75 Å². The number of carbonyl (C=O) groups excluding carboxylic acids is 1. The molecule has 3 saturated carbocycles. The molecule has 3 nitrogen and oxygen atoms in total. The molecule has 0 bridgehead atoms. The lowest BCUT2D eigenvalue weighted by Crippen LogP contribution is -2.51. The molecular formula is C36H54O3. The minimum absolute atomic E-state index is 0.0702. The second-order valence-electron chi connectivity index (χ2n) is 14.6. The van der Waals surface area contributed by atoms with Gasteiger partial charge in [-0.05, 0) is 115 Å². The fourth-order valence-electron chi connectivity index (χ4n) is 9.84. The van der Waals surface area contributed by atoms with E-state index in [4.69, 9.17) is 9.47 Å². The van der Waals surface area contributed by atoms with Crippen LogP contribution in [-0.4, -0.2) is 12.3 Å². The summed E-state index contributed by atoms with van der Waals surface area (Å²) in [6, 6.07) is 7.75. The summed E-state index contributed by atoms with van der Waals surface area (Å²) in [6.45, 7) is 14.6. The van der Waals surface area contributed by atoms with Gasteiger partial charge in [0.1, 0.15) is 11.9 Å². The Kier molecular flexibility index (Phi) is 8.56. The van der Waals surface area contributed by atoms with E-state index in [1.807, 2.05) is 18.2 Å². The number of ether oxygens (including phenoxy) is 2. The molecule has 0 heterocycles. The van der Waals surface area contributed by atoms with Crippen molar-refractivity contribution in [1.82, 2.24) is 0 Å². The summed E-state index contributed by atoms with van der Waals surface area (Å²) in [6.07, 6.45) is 16.9. The minimum atomic E-state index is -0.556. The number of carbonyl (C=O) groups is 1. The van der Waals surface area contributed by atoms with E-state index >= 15 is 0 Å². The Balaban J connectivity index is 1.21. The highest BCUT2D eigenvalue weighted by Gasteiger charge is 2.59. The summed E-state index contributed by atoms with van der Waals surface area (Å²) in [5.74, 6) is 5.67. The molecule has 3 heteroatoms. The molecule has 0 radical (unpaired) electrons. The number of allylic oxidation sites excluding steroid dienone is 1. The molecule has 0 amide bonds. The van der Waals surface area contributed by atoms with Gasteiger partial charge in [0, 0.05) is 6.42 Å². The lowest BCUT2D eigenvalue weighted by molar-refractivity contribution is -0.0597. The van der Waals surface area contributed by atoms with E-state index in [1.165, 1.54) is 51.4 Å². The third-order valence-electron chi connectivity index (χ3n) is 12.0.